The van der Waals surface area contributed by atoms with Crippen molar-refractivity contribution in [3.8, 4) is 0 Å². The number of carboxylic acid groups (broad SMARTS) is 1. The fourth-order valence-corrected chi connectivity index (χ4v) is 4.52. The topological polar surface area (TPSA) is 210 Å². The smallest absolute Gasteiger partial charge is 0.305 e. The first kappa shape index (κ1) is 35.1. The van der Waals surface area contributed by atoms with Crippen molar-refractivity contribution in [2.24, 2.45) is 17.6 Å². The lowest BCUT2D eigenvalue weighted by atomic mass is 9.96. The molecule has 1 aromatic rings. The Kier molecular flexibility index (Phi) is 12.9. The number of aliphatic hydroxyl groups excluding tert-OH is 2. The van der Waals surface area contributed by atoms with Gasteiger partial charge in [-0.25, -0.2) is 0 Å². The normalized spacial score (nSPS) is 22.0. The summed E-state index contributed by atoms with van der Waals surface area (Å²) in [6.45, 7) is 10.4. The summed E-state index contributed by atoms with van der Waals surface area (Å²) in [6.07, 6.45) is -5.35. The molecule has 0 unspecified atom stereocenters. The Balaban J connectivity index is 2.22. The molecule has 3 amide bonds. The van der Waals surface area contributed by atoms with Gasteiger partial charge in [-0.2, -0.15) is 0 Å². The summed E-state index contributed by atoms with van der Waals surface area (Å²) in [5.74, 6) is -4.61. The van der Waals surface area contributed by atoms with Crippen molar-refractivity contribution in [2.45, 2.75) is 103 Å². The summed E-state index contributed by atoms with van der Waals surface area (Å²) in [4.78, 5) is 50.4. The summed E-state index contributed by atoms with van der Waals surface area (Å²) in [5, 5.41) is 39.2. The molecule has 1 aliphatic rings. The molecule has 0 bridgehead atoms. The average Bonchev–Trinajstić information content (AvgIpc) is 2.91. The number of carbonyl (C=O) groups excluding carboxylic acids is 3. The molecule has 42 heavy (non-hydrogen) atoms. The zero-order chi connectivity index (χ0) is 31.8. The summed E-state index contributed by atoms with van der Waals surface area (Å²) < 4.78 is 11.5. The van der Waals surface area contributed by atoms with Gasteiger partial charge in [0.1, 0.15) is 18.2 Å². The number of carbonyl (C=O) groups is 4. The number of hydrogen-bond donors (Lipinski definition) is 7. The molecule has 0 radical (unpaired) electrons. The zero-order valence-corrected chi connectivity index (χ0v) is 25.1. The van der Waals surface area contributed by atoms with Gasteiger partial charge in [-0.1, -0.05) is 58.0 Å². The molecule has 1 aromatic carbocycles. The van der Waals surface area contributed by atoms with Crippen LogP contribution in [0.15, 0.2) is 30.3 Å². The van der Waals surface area contributed by atoms with Crippen molar-refractivity contribution >= 4 is 23.7 Å². The van der Waals surface area contributed by atoms with Gasteiger partial charge in [-0.15, -0.1) is 0 Å². The molecule has 0 saturated carbocycles. The highest BCUT2D eigenvalue weighted by Crippen LogP contribution is 2.26. The predicted octanol–water partition coefficient (Wildman–Crippen LogP) is 0.191. The van der Waals surface area contributed by atoms with E-state index in [1.54, 1.807) is 58.0 Å². The number of nitrogens with one attached hydrogen (secondary N) is 3. The average molecular weight is 595 g/mol. The predicted molar refractivity (Wildman–Crippen MR) is 153 cm³/mol. The molecule has 0 aliphatic carbocycles. The molecule has 1 saturated heterocycles. The molecule has 2 rings (SSSR count). The summed E-state index contributed by atoms with van der Waals surface area (Å²) in [6, 6.07) is 4.59. The maximum atomic E-state index is 13.4. The SMILES string of the molecule is CC(C)C[C@H](NC(=O)[C@@H](N)C(C)C)C(=O)N[C@H]1COC(C)(C)O[C@H]1[C@@H](O)[C@H](O)C(=O)N[C@@H](CC(=O)O)c1ccccc1. The van der Waals surface area contributed by atoms with Gasteiger partial charge >= 0.3 is 5.97 Å². The number of rotatable bonds is 14. The third-order valence-corrected chi connectivity index (χ3v) is 6.94. The Morgan fingerprint density at radius 3 is 2.17 bits per heavy atom. The molecule has 1 aliphatic heterocycles. The third kappa shape index (κ3) is 10.3. The minimum Gasteiger partial charge on any atom is -0.481 e. The Labute approximate surface area is 246 Å². The molecule has 1 fully saturated rings. The van der Waals surface area contributed by atoms with Crippen molar-refractivity contribution in [2.75, 3.05) is 6.61 Å². The lowest BCUT2D eigenvalue weighted by molar-refractivity contribution is -0.301. The van der Waals surface area contributed by atoms with Crippen LogP contribution in [0.5, 0.6) is 0 Å². The minimum atomic E-state index is -2.04. The van der Waals surface area contributed by atoms with E-state index in [9.17, 15) is 34.5 Å². The number of hydrogen-bond acceptors (Lipinski definition) is 9. The van der Waals surface area contributed by atoms with Crippen LogP contribution < -0.4 is 21.7 Å². The van der Waals surface area contributed by atoms with E-state index < -0.39 is 78.4 Å². The van der Waals surface area contributed by atoms with Gasteiger partial charge in [0.25, 0.3) is 5.91 Å². The maximum absolute atomic E-state index is 13.4. The fourth-order valence-electron chi connectivity index (χ4n) is 4.52. The first-order chi connectivity index (χ1) is 19.5. The van der Waals surface area contributed by atoms with E-state index in [0.29, 0.717) is 12.0 Å². The van der Waals surface area contributed by atoms with Gasteiger partial charge in [0.15, 0.2) is 11.9 Å². The second-order valence-corrected chi connectivity index (χ2v) is 11.9. The zero-order valence-electron chi connectivity index (χ0n) is 25.1. The van der Waals surface area contributed by atoms with Crippen LogP contribution in [0.25, 0.3) is 0 Å². The molecule has 0 aromatic heterocycles. The monoisotopic (exact) mass is 594 g/mol. The number of ether oxygens (including phenoxy) is 2. The van der Waals surface area contributed by atoms with Crippen molar-refractivity contribution in [1.29, 1.82) is 0 Å². The van der Waals surface area contributed by atoms with E-state index in [4.69, 9.17) is 15.2 Å². The van der Waals surface area contributed by atoms with Crippen molar-refractivity contribution in [3.05, 3.63) is 35.9 Å². The van der Waals surface area contributed by atoms with Crippen LogP contribution in [0.1, 0.15) is 66.0 Å². The van der Waals surface area contributed by atoms with E-state index in [1.807, 2.05) is 13.8 Å². The van der Waals surface area contributed by atoms with E-state index in [-0.39, 0.29) is 18.4 Å². The van der Waals surface area contributed by atoms with E-state index in [0.717, 1.165) is 0 Å². The van der Waals surface area contributed by atoms with Crippen LogP contribution in [0.3, 0.4) is 0 Å². The van der Waals surface area contributed by atoms with Crippen molar-refractivity contribution < 1.29 is 44.0 Å². The quantitative estimate of drug-likeness (QED) is 0.155. The van der Waals surface area contributed by atoms with Crippen LogP contribution in [-0.4, -0.2) is 87.8 Å². The molecule has 0 spiro atoms. The molecular weight excluding hydrogens is 548 g/mol. The Morgan fingerprint density at radius 1 is 1.00 bits per heavy atom. The van der Waals surface area contributed by atoms with E-state index >= 15 is 0 Å². The molecule has 8 N–H and O–H groups in total. The highest BCUT2D eigenvalue weighted by atomic mass is 16.7. The molecule has 13 nitrogen and oxygen atoms in total. The second kappa shape index (κ2) is 15.4. The number of aliphatic hydroxyl groups is 2. The number of nitrogens with two attached hydrogens (primary N) is 1. The van der Waals surface area contributed by atoms with Gasteiger partial charge in [-0.05, 0) is 37.7 Å². The van der Waals surface area contributed by atoms with Gasteiger partial charge in [0, 0.05) is 0 Å². The largest absolute Gasteiger partial charge is 0.481 e. The summed E-state index contributed by atoms with van der Waals surface area (Å²) >= 11 is 0. The van der Waals surface area contributed by atoms with Crippen LogP contribution in [0, 0.1) is 11.8 Å². The minimum absolute atomic E-state index is 0.0318. The Hall–Kier alpha value is -3.10. The standard InChI is InChI=1S/C29H46N4O9/c1-15(2)12-19(32-27(39)22(30)16(3)4)26(38)33-20-14-41-29(5,6)42-25(20)23(36)24(37)28(40)31-18(13-21(34)35)17-10-8-7-9-11-17/h7-11,15-16,18-20,22-25,36-37H,12-14,30H2,1-6H3,(H,31,40)(H,32,39)(H,33,38)(H,34,35)/t18-,19-,20-,22-,23-,24-,25+/m0/s1. The number of carboxylic acids is 1. The lowest BCUT2D eigenvalue weighted by Gasteiger charge is -2.44. The van der Waals surface area contributed by atoms with Crippen molar-refractivity contribution in [1.82, 2.24) is 16.0 Å². The van der Waals surface area contributed by atoms with Gasteiger partial charge in [0.05, 0.1) is 31.2 Å². The van der Waals surface area contributed by atoms with Crippen LogP contribution in [0.4, 0.5) is 0 Å². The molecular formula is C29H46N4O9. The Morgan fingerprint density at radius 2 is 1.62 bits per heavy atom. The van der Waals surface area contributed by atoms with E-state index in [2.05, 4.69) is 16.0 Å². The summed E-state index contributed by atoms with van der Waals surface area (Å²) in [5.41, 5.74) is 6.46. The highest BCUT2D eigenvalue weighted by molar-refractivity contribution is 5.90. The van der Waals surface area contributed by atoms with Gasteiger partial charge in [-0.3, -0.25) is 19.2 Å². The van der Waals surface area contributed by atoms with Crippen LogP contribution in [0.2, 0.25) is 0 Å². The second-order valence-electron chi connectivity index (χ2n) is 11.9. The first-order valence-corrected chi connectivity index (χ1v) is 14.1. The number of amides is 3. The van der Waals surface area contributed by atoms with Crippen LogP contribution in [-0.2, 0) is 28.7 Å². The molecule has 7 atom stereocenters. The van der Waals surface area contributed by atoms with Crippen molar-refractivity contribution in [3.63, 3.8) is 0 Å². The number of aliphatic carboxylic acids is 1. The Bertz CT molecular complexity index is 1070. The molecule has 13 heteroatoms. The first-order valence-electron chi connectivity index (χ1n) is 14.1. The fraction of sp³-hybridized carbons (Fsp3) is 0.655. The lowest BCUT2D eigenvalue weighted by Crippen LogP contribution is -2.65. The summed E-state index contributed by atoms with van der Waals surface area (Å²) in [7, 11) is 0. The third-order valence-electron chi connectivity index (χ3n) is 6.94. The van der Waals surface area contributed by atoms with Crippen LogP contribution >= 0.6 is 0 Å². The molecule has 236 valence electrons. The van der Waals surface area contributed by atoms with Gasteiger partial charge < -0.3 is 46.5 Å². The maximum Gasteiger partial charge on any atom is 0.305 e. The highest BCUT2D eigenvalue weighted by Gasteiger charge is 2.45. The molecule has 1 heterocycles. The van der Waals surface area contributed by atoms with E-state index in [1.165, 1.54) is 0 Å². The van der Waals surface area contributed by atoms with Gasteiger partial charge in [0.2, 0.25) is 11.8 Å². The number of benzene rings is 1.